The molecular formula is C16H11BrN2O3. The Kier molecular flexibility index (Phi) is 4.92. The third kappa shape index (κ3) is 3.51. The average Bonchev–Trinajstić information content (AvgIpc) is 2.52. The molecule has 0 N–H and O–H groups in total. The quantitative estimate of drug-likeness (QED) is 0.460. The molecule has 2 aromatic carbocycles. The second-order valence-corrected chi connectivity index (χ2v) is 5.28. The number of benzene rings is 2. The van der Waals surface area contributed by atoms with Crippen molar-refractivity contribution in [2.45, 2.75) is 0 Å². The lowest BCUT2D eigenvalue weighted by molar-refractivity contribution is -0.384. The van der Waals surface area contributed by atoms with Gasteiger partial charge in [0.1, 0.15) is 11.8 Å². The van der Waals surface area contributed by atoms with Crippen LogP contribution in [0.15, 0.2) is 40.9 Å². The highest BCUT2D eigenvalue weighted by atomic mass is 79.9. The van der Waals surface area contributed by atoms with Gasteiger partial charge in [0.2, 0.25) is 0 Å². The lowest BCUT2D eigenvalue weighted by Crippen LogP contribution is -1.91. The van der Waals surface area contributed by atoms with E-state index >= 15 is 0 Å². The van der Waals surface area contributed by atoms with Crippen LogP contribution in [0.25, 0.3) is 12.2 Å². The summed E-state index contributed by atoms with van der Waals surface area (Å²) in [6.45, 7) is 0. The van der Waals surface area contributed by atoms with Crippen LogP contribution in [0.1, 0.15) is 16.7 Å². The van der Waals surface area contributed by atoms with E-state index in [0.29, 0.717) is 11.3 Å². The van der Waals surface area contributed by atoms with E-state index in [0.717, 1.165) is 10.0 Å². The van der Waals surface area contributed by atoms with E-state index < -0.39 is 4.92 Å². The first-order chi connectivity index (χ1) is 10.5. The van der Waals surface area contributed by atoms with E-state index in [2.05, 4.69) is 15.9 Å². The molecule has 0 unspecified atom stereocenters. The van der Waals surface area contributed by atoms with Crippen LogP contribution in [0.2, 0.25) is 0 Å². The van der Waals surface area contributed by atoms with Crippen LogP contribution in [0.5, 0.6) is 5.75 Å². The molecule has 110 valence electrons. The van der Waals surface area contributed by atoms with Gasteiger partial charge in [0.15, 0.2) is 0 Å². The van der Waals surface area contributed by atoms with Crippen molar-refractivity contribution >= 4 is 33.8 Å². The van der Waals surface area contributed by atoms with Crippen molar-refractivity contribution in [3.63, 3.8) is 0 Å². The van der Waals surface area contributed by atoms with E-state index in [1.807, 2.05) is 24.3 Å². The fourth-order valence-corrected chi connectivity index (χ4v) is 2.29. The summed E-state index contributed by atoms with van der Waals surface area (Å²) in [6.07, 6.45) is 3.53. The topological polar surface area (TPSA) is 76.2 Å². The van der Waals surface area contributed by atoms with Gasteiger partial charge in [0.05, 0.1) is 17.6 Å². The molecule has 0 saturated carbocycles. The predicted molar refractivity (Wildman–Crippen MR) is 87.4 cm³/mol. The highest BCUT2D eigenvalue weighted by molar-refractivity contribution is 9.10. The minimum atomic E-state index is -0.522. The number of nitro groups is 1. The fraction of sp³-hybridized carbons (Fsp3) is 0.0625. The van der Waals surface area contributed by atoms with Crippen LogP contribution in [-0.2, 0) is 0 Å². The number of rotatable bonds is 4. The number of non-ortho nitro benzene ring substituents is 1. The van der Waals surface area contributed by atoms with E-state index in [1.165, 1.54) is 12.1 Å². The fourth-order valence-electron chi connectivity index (χ4n) is 1.92. The standard InChI is InChI=1S/C16H11BrN2O3/c1-22-16-7-5-14(17)8-12(16)3-2-11-4-6-15(19(20)21)9-13(11)10-18/h2-9H,1H3/b3-2+. The first kappa shape index (κ1) is 15.7. The van der Waals surface area contributed by atoms with Crippen LogP contribution in [0, 0.1) is 21.4 Å². The summed E-state index contributed by atoms with van der Waals surface area (Å²) in [7, 11) is 1.58. The molecule has 0 heterocycles. The second-order valence-electron chi connectivity index (χ2n) is 4.36. The lowest BCUT2D eigenvalue weighted by Gasteiger charge is -2.05. The van der Waals surface area contributed by atoms with Crippen molar-refractivity contribution in [3.05, 3.63) is 67.7 Å². The number of methoxy groups -OCH3 is 1. The molecule has 0 amide bonds. The summed E-state index contributed by atoms with van der Waals surface area (Å²) in [5.74, 6) is 0.694. The third-order valence-corrected chi connectivity index (χ3v) is 3.50. The summed E-state index contributed by atoms with van der Waals surface area (Å²) in [4.78, 5) is 10.2. The highest BCUT2D eigenvalue weighted by Crippen LogP contribution is 2.26. The lowest BCUT2D eigenvalue weighted by atomic mass is 10.1. The van der Waals surface area contributed by atoms with E-state index in [1.54, 1.807) is 25.3 Å². The van der Waals surface area contributed by atoms with Crippen LogP contribution in [-0.4, -0.2) is 12.0 Å². The first-order valence-corrected chi connectivity index (χ1v) is 7.04. The zero-order valence-corrected chi connectivity index (χ0v) is 13.2. The van der Waals surface area contributed by atoms with Crippen LogP contribution >= 0.6 is 15.9 Å². The number of nitriles is 1. The Labute approximate surface area is 135 Å². The van der Waals surface area contributed by atoms with Gasteiger partial charge < -0.3 is 4.74 Å². The minimum Gasteiger partial charge on any atom is -0.496 e. The van der Waals surface area contributed by atoms with Gasteiger partial charge in [-0.3, -0.25) is 10.1 Å². The number of hydrogen-bond donors (Lipinski definition) is 0. The Balaban J connectivity index is 2.41. The van der Waals surface area contributed by atoms with Crippen molar-refractivity contribution < 1.29 is 9.66 Å². The van der Waals surface area contributed by atoms with E-state index in [-0.39, 0.29) is 11.3 Å². The van der Waals surface area contributed by atoms with Gasteiger partial charge in [-0.25, -0.2) is 0 Å². The van der Waals surface area contributed by atoms with Crippen molar-refractivity contribution in [1.29, 1.82) is 5.26 Å². The Morgan fingerprint density at radius 2 is 1.95 bits per heavy atom. The average molecular weight is 359 g/mol. The smallest absolute Gasteiger partial charge is 0.270 e. The molecule has 0 aromatic heterocycles. The molecule has 0 spiro atoms. The molecule has 0 atom stereocenters. The molecule has 0 aliphatic carbocycles. The monoisotopic (exact) mass is 358 g/mol. The van der Waals surface area contributed by atoms with Crippen molar-refractivity contribution in [3.8, 4) is 11.8 Å². The zero-order valence-electron chi connectivity index (χ0n) is 11.6. The number of halogens is 1. The van der Waals surface area contributed by atoms with Gasteiger partial charge in [-0.05, 0) is 29.8 Å². The van der Waals surface area contributed by atoms with Crippen LogP contribution in [0.4, 0.5) is 5.69 Å². The number of ether oxygens (including phenoxy) is 1. The predicted octanol–water partition coefficient (Wildman–Crippen LogP) is 4.41. The SMILES string of the molecule is COc1ccc(Br)cc1/C=C/c1ccc([N+](=O)[O-])cc1C#N. The molecule has 2 aromatic rings. The molecule has 6 heteroatoms. The summed E-state index contributed by atoms with van der Waals surface area (Å²) in [6, 6.07) is 11.7. The van der Waals surface area contributed by atoms with Gasteiger partial charge in [0.25, 0.3) is 5.69 Å². The maximum Gasteiger partial charge on any atom is 0.270 e. The molecule has 5 nitrogen and oxygen atoms in total. The Hall–Kier alpha value is -2.65. The van der Waals surface area contributed by atoms with Crippen molar-refractivity contribution in [2.24, 2.45) is 0 Å². The van der Waals surface area contributed by atoms with Gasteiger partial charge in [0, 0.05) is 22.2 Å². The minimum absolute atomic E-state index is 0.103. The molecule has 0 aliphatic heterocycles. The summed E-state index contributed by atoms with van der Waals surface area (Å²) < 4.78 is 6.17. The molecule has 0 saturated heterocycles. The molecule has 0 bridgehead atoms. The summed E-state index contributed by atoms with van der Waals surface area (Å²) >= 11 is 3.39. The number of nitrogens with zero attached hydrogens (tertiary/aromatic N) is 2. The largest absolute Gasteiger partial charge is 0.496 e. The Morgan fingerprint density at radius 3 is 2.59 bits per heavy atom. The molecular weight excluding hydrogens is 348 g/mol. The van der Waals surface area contributed by atoms with E-state index in [4.69, 9.17) is 10.00 Å². The van der Waals surface area contributed by atoms with Gasteiger partial charge >= 0.3 is 0 Å². The summed E-state index contributed by atoms with van der Waals surface area (Å²) in [5, 5.41) is 19.9. The van der Waals surface area contributed by atoms with E-state index in [9.17, 15) is 10.1 Å². The number of nitro benzene ring substituents is 1. The Morgan fingerprint density at radius 1 is 1.23 bits per heavy atom. The van der Waals surface area contributed by atoms with Gasteiger partial charge in [-0.15, -0.1) is 0 Å². The maximum absolute atomic E-state index is 10.7. The highest BCUT2D eigenvalue weighted by Gasteiger charge is 2.09. The zero-order chi connectivity index (χ0) is 16.1. The van der Waals surface area contributed by atoms with Crippen LogP contribution < -0.4 is 4.74 Å². The first-order valence-electron chi connectivity index (χ1n) is 6.25. The van der Waals surface area contributed by atoms with Crippen LogP contribution in [0.3, 0.4) is 0 Å². The molecule has 22 heavy (non-hydrogen) atoms. The molecule has 0 fully saturated rings. The normalized spacial score (nSPS) is 10.4. The second kappa shape index (κ2) is 6.87. The van der Waals surface area contributed by atoms with Crippen molar-refractivity contribution in [2.75, 3.05) is 7.11 Å². The molecule has 2 rings (SSSR count). The molecule has 0 radical (unpaired) electrons. The molecule has 0 aliphatic rings. The van der Waals surface area contributed by atoms with Gasteiger partial charge in [-0.2, -0.15) is 5.26 Å². The maximum atomic E-state index is 10.7. The van der Waals surface area contributed by atoms with Gasteiger partial charge in [-0.1, -0.05) is 28.1 Å². The van der Waals surface area contributed by atoms with Crippen molar-refractivity contribution in [1.82, 2.24) is 0 Å². The number of hydrogen-bond acceptors (Lipinski definition) is 4. The Bertz CT molecular complexity index is 794. The third-order valence-electron chi connectivity index (χ3n) is 3.00. The summed E-state index contributed by atoms with van der Waals surface area (Å²) in [5.41, 5.74) is 1.59.